The predicted molar refractivity (Wildman–Crippen MR) is 120 cm³/mol. The number of benzene rings is 2. The number of thiophene rings is 1. The molecule has 1 aromatic heterocycles. The van der Waals surface area contributed by atoms with Gasteiger partial charge in [0.2, 0.25) is 0 Å². The molecule has 1 atom stereocenters. The second kappa shape index (κ2) is 7.27. The molecule has 4 nitrogen and oxygen atoms in total. The van der Waals surface area contributed by atoms with Crippen molar-refractivity contribution in [3.63, 3.8) is 0 Å². The van der Waals surface area contributed by atoms with Gasteiger partial charge in [0.05, 0.1) is 42.5 Å². The number of ether oxygens (including phenoxy) is 1. The van der Waals surface area contributed by atoms with Crippen molar-refractivity contribution in [3.05, 3.63) is 94.2 Å². The van der Waals surface area contributed by atoms with E-state index in [2.05, 4.69) is 88.6 Å². The minimum Gasteiger partial charge on any atom is -0.470 e. The highest BCUT2D eigenvalue weighted by Crippen LogP contribution is 2.47. The van der Waals surface area contributed by atoms with E-state index in [0.717, 1.165) is 38.2 Å². The standard InChI is InChI=1S/C25H25N3OS/c1-2-7-19(8-3-1)18-27-14-12-25(13-15-27)28-22(20-9-4-5-10-23(20)29-25)17-21(26-28)24-11-6-16-30-24/h1-11,16-17,22,26H,12-15,18H2/p+1/t22-/m0/s1. The summed E-state index contributed by atoms with van der Waals surface area (Å²) in [7, 11) is 0. The first kappa shape index (κ1) is 18.2. The first-order valence-corrected chi connectivity index (χ1v) is 11.7. The van der Waals surface area contributed by atoms with Gasteiger partial charge in [0.25, 0.3) is 0 Å². The number of hydrogen-bond acceptors (Lipinski definition) is 4. The molecule has 0 unspecified atom stereocenters. The van der Waals surface area contributed by atoms with Gasteiger partial charge >= 0.3 is 0 Å². The molecule has 4 heterocycles. The summed E-state index contributed by atoms with van der Waals surface area (Å²) < 4.78 is 6.76. The lowest BCUT2D eigenvalue weighted by molar-refractivity contribution is -0.921. The number of nitrogens with zero attached hydrogens (tertiary/aromatic N) is 1. The third kappa shape index (κ3) is 3.05. The fourth-order valence-electron chi connectivity index (χ4n) is 5.09. The van der Waals surface area contributed by atoms with Gasteiger partial charge in [0, 0.05) is 11.1 Å². The zero-order valence-corrected chi connectivity index (χ0v) is 17.7. The van der Waals surface area contributed by atoms with Crippen LogP contribution in [-0.4, -0.2) is 23.8 Å². The second-order valence-corrected chi connectivity index (χ2v) is 9.43. The van der Waals surface area contributed by atoms with Crippen LogP contribution in [0.1, 0.15) is 34.9 Å². The lowest BCUT2D eigenvalue weighted by Gasteiger charge is -2.50. The first-order valence-electron chi connectivity index (χ1n) is 10.8. The Bertz CT molecular complexity index is 1060. The summed E-state index contributed by atoms with van der Waals surface area (Å²) in [5, 5.41) is 4.53. The van der Waals surface area contributed by atoms with Crippen LogP contribution in [0.4, 0.5) is 0 Å². The van der Waals surface area contributed by atoms with Gasteiger partial charge in [-0.1, -0.05) is 54.6 Å². The Balaban J connectivity index is 1.28. The lowest BCUT2D eigenvalue weighted by Crippen LogP contribution is -3.12. The van der Waals surface area contributed by atoms with Gasteiger partial charge in [0.1, 0.15) is 12.3 Å². The normalized spacial score (nSPS) is 27.7. The largest absolute Gasteiger partial charge is 0.470 e. The molecule has 2 aromatic carbocycles. The molecule has 0 aliphatic carbocycles. The van der Waals surface area contributed by atoms with Gasteiger partial charge in [-0.05, 0) is 23.6 Å². The quantitative estimate of drug-likeness (QED) is 0.683. The van der Waals surface area contributed by atoms with Crippen LogP contribution in [0.5, 0.6) is 5.75 Å². The number of nitrogens with one attached hydrogen (secondary N) is 2. The average molecular weight is 417 g/mol. The van der Waals surface area contributed by atoms with Crippen molar-refractivity contribution < 1.29 is 9.64 Å². The third-order valence-electron chi connectivity index (χ3n) is 6.64. The van der Waals surface area contributed by atoms with E-state index >= 15 is 0 Å². The topological polar surface area (TPSA) is 28.9 Å². The average Bonchev–Trinajstić information content (AvgIpc) is 3.47. The highest BCUT2D eigenvalue weighted by atomic mass is 32.1. The molecule has 1 fully saturated rings. The van der Waals surface area contributed by atoms with Gasteiger partial charge in [-0.3, -0.25) is 0 Å². The van der Waals surface area contributed by atoms with Crippen LogP contribution in [0.2, 0.25) is 0 Å². The summed E-state index contributed by atoms with van der Waals surface area (Å²) in [5.41, 5.74) is 7.30. The first-order chi connectivity index (χ1) is 14.8. The zero-order chi connectivity index (χ0) is 20.0. The van der Waals surface area contributed by atoms with Crippen LogP contribution in [0.3, 0.4) is 0 Å². The molecule has 3 aliphatic heterocycles. The van der Waals surface area contributed by atoms with Crippen LogP contribution in [-0.2, 0) is 6.54 Å². The molecule has 3 aliphatic rings. The minimum atomic E-state index is -0.297. The molecule has 1 spiro atoms. The Labute approximate surface area is 181 Å². The maximum absolute atomic E-state index is 6.76. The van der Waals surface area contributed by atoms with Crippen molar-refractivity contribution in [1.29, 1.82) is 0 Å². The monoisotopic (exact) mass is 416 g/mol. The number of hydrazine groups is 1. The van der Waals surface area contributed by atoms with Crippen LogP contribution in [0.25, 0.3) is 5.70 Å². The van der Waals surface area contributed by atoms with Crippen molar-refractivity contribution in [2.75, 3.05) is 13.1 Å². The summed E-state index contributed by atoms with van der Waals surface area (Å²) in [6, 6.07) is 23.9. The molecule has 6 rings (SSSR count). The molecule has 3 aromatic rings. The Morgan fingerprint density at radius 1 is 1.00 bits per heavy atom. The number of piperidine rings is 1. The minimum absolute atomic E-state index is 0.211. The maximum atomic E-state index is 6.76. The molecular formula is C25H26N3OS+. The van der Waals surface area contributed by atoms with Crippen LogP contribution < -0.4 is 15.1 Å². The van der Waals surface area contributed by atoms with E-state index in [1.165, 1.54) is 21.7 Å². The Hall–Kier alpha value is -2.60. The van der Waals surface area contributed by atoms with Gasteiger partial charge in [0.15, 0.2) is 5.72 Å². The van der Waals surface area contributed by atoms with Crippen LogP contribution in [0.15, 0.2) is 78.2 Å². The zero-order valence-electron chi connectivity index (χ0n) is 16.9. The number of fused-ring (bicyclic) bond motifs is 4. The highest BCUT2D eigenvalue weighted by Gasteiger charge is 2.52. The number of quaternary nitrogens is 1. The summed E-state index contributed by atoms with van der Waals surface area (Å²) in [6.07, 6.45) is 4.40. The molecule has 1 saturated heterocycles. The molecule has 0 bridgehead atoms. The molecule has 0 amide bonds. The molecule has 0 saturated carbocycles. The Morgan fingerprint density at radius 2 is 1.80 bits per heavy atom. The van der Waals surface area contributed by atoms with Gasteiger partial charge in [-0.25, -0.2) is 0 Å². The van der Waals surface area contributed by atoms with Crippen molar-refractivity contribution in [3.8, 4) is 5.75 Å². The Kier molecular flexibility index (Phi) is 4.41. The molecule has 30 heavy (non-hydrogen) atoms. The summed E-state index contributed by atoms with van der Waals surface area (Å²) in [4.78, 5) is 2.92. The summed E-state index contributed by atoms with van der Waals surface area (Å²) >= 11 is 1.78. The third-order valence-corrected chi connectivity index (χ3v) is 7.55. The van der Waals surface area contributed by atoms with Crippen molar-refractivity contribution in [1.82, 2.24) is 10.4 Å². The van der Waals surface area contributed by atoms with E-state index in [0.29, 0.717) is 0 Å². The molecular weight excluding hydrogens is 390 g/mol. The van der Waals surface area contributed by atoms with Gasteiger partial charge in [-0.2, -0.15) is 5.01 Å². The lowest BCUT2D eigenvalue weighted by atomic mass is 9.92. The fraction of sp³-hybridized carbons (Fsp3) is 0.280. The van der Waals surface area contributed by atoms with E-state index in [1.54, 1.807) is 16.2 Å². The second-order valence-electron chi connectivity index (χ2n) is 8.48. The van der Waals surface area contributed by atoms with Crippen molar-refractivity contribution in [2.24, 2.45) is 0 Å². The van der Waals surface area contributed by atoms with Crippen LogP contribution >= 0.6 is 11.3 Å². The predicted octanol–water partition coefficient (Wildman–Crippen LogP) is 3.62. The molecule has 0 radical (unpaired) electrons. The molecule has 5 heteroatoms. The maximum Gasteiger partial charge on any atom is 0.191 e. The van der Waals surface area contributed by atoms with E-state index in [-0.39, 0.29) is 11.8 Å². The summed E-state index contributed by atoms with van der Waals surface area (Å²) in [5.74, 6) is 1.04. The highest BCUT2D eigenvalue weighted by molar-refractivity contribution is 7.11. The van der Waals surface area contributed by atoms with E-state index < -0.39 is 0 Å². The smallest absolute Gasteiger partial charge is 0.191 e. The van der Waals surface area contributed by atoms with E-state index in [9.17, 15) is 0 Å². The molecule has 152 valence electrons. The van der Waals surface area contributed by atoms with E-state index in [4.69, 9.17) is 4.74 Å². The number of likely N-dealkylation sites (tertiary alicyclic amines) is 1. The molecule has 2 N–H and O–H groups in total. The van der Waals surface area contributed by atoms with Gasteiger partial charge in [-0.15, -0.1) is 11.3 Å². The van der Waals surface area contributed by atoms with Crippen molar-refractivity contribution in [2.45, 2.75) is 31.2 Å². The van der Waals surface area contributed by atoms with E-state index in [1.807, 2.05) is 0 Å². The van der Waals surface area contributed by atoms with Crippen molar-refractivity contribution >= 4 is 17.0 Å². The van der Waals surface area contributed by atoms with Gasteiger partial charge < -0.3 is 15.1 Å². The SMILES string of the molecule is C1=C(c2cccs2)NN2[C@@H]1c1ccccc1OC21CC[NH+](Cc2ccccc2)CC1. The number of para-hydroxylation sites is 1. The van der Waals surface area contributed by atoms with Crippen LogP contribution in [0, 0.1) is 0 Å². The Morgan fingerprint density at radius 3 is 2.60 bits per heavy atom. The number of rotatable bonds is 3. The number of hydrogen-bond donors (Lipinski definition) is 2. The summed E-state index contributed by atoms with van der Waals surface area (Å²) in [6.45, 7) is 3.30. The fourth-order valence-corrected chi connectivity index (χ4v) is 5.79.